The van der Waals surface area contributed by atoms with Crippen LogP contribution in [0.25, 0.3) is 11.1 Å². The summed E-state index contributed by atoms with van der Waals surface area (Å²) in [5.74, 6) is 0.707. The Balaban J connectivity index is 1.41. The Bertz CT molecular complexity index is 1470. The zero-order chi connectivity index (χ0) is 26.6. The fraction of sp³-hybridized carbons (Fsp3) is 0.310. The molecule has 2 N–H and O–H groups in total. The van der Waals surface area contributed by atoms with Gasteiger partial charge in [-0.2, -0.15) is 0 Å². The highest BCUT2D eigenvalue weighted by atomic mass is 16.5. The van der Waals surface area contributed by atoms with Gasteiger partial charge in [0, 0.05) is 6.42 Å². The lowest BCUT2D eigenvalue weighted by molar-refractivity contribution is 0.0553. The number of ether oxygens (including phenoxy) is 2. The van der Waals surface area contributed by atoms with Crippen LogP contribution in [0.15, 0.2) is 74.8 Å². The molecule has 194 valence electrons. The summed E-state index contributed by atoms with van der Waals surface area (Å²) >= 11 is 0. The second-order valence-electron chi connectivity index (χ2n) is 9.76. The molecule has 8 nitrogen and oxygen atoms in total. The summed E-state index contributed by atoms with van der Waals surface area (Å²) in [7, 11) is 0. The van der Waals surface area contributed by atoms with Crippen molar-refractivity contribution in [2.24, 2.45) is 0 Å². The molecule has 0 amide bonds. The lowest BCUT2D eigenvalue weighted by Crippen LogP contribution is -2.21. The summed E-state index contributed by atoms with van der Waals surface area (Å²) in [6.07, 6.45) is 0.558. The van der Waals surface area contributed by atoms with E-state index in [9.17, 15) is 14.7 Å². The molecule has 4 aromatic rings. The van der Waals surface area contributed by atoms with Gasteiger partial charge in [0.05, 0.1) is 18.8 Å². The third-order valence-corrected chi connectivity index (χ3v) is 6.19. The van der Waals surface area contributed by atoms with E-state index in [1.807, 2.05) is 42.5 Å². The Hall–Kier alpha value is -4.04. The summed E-state index contributed by atoms with van der Waals surface area (Å²) in [6.45, 7) is 8.72. The first-order valence-electron chi connectivity index (χ1n) is 12.2. The Kier molecular flexibility index (Phi) is 7.69. The molecule has 0 bridgehead atoms. The summed E-state index contributed by atoms with van der Waals surface area (Å²) in [5.41, 5.74) is 5.06. The lowest BCUT2D eigenvalue weighted by Gasteiger charge is -2.18. The van der Waals surface area contributed by atoms with Crippen molar-refractivity contribution < 1.29 is 19.1 Å². The smallest absolute Gasteiger partial charge is 0.440 e. The highest BCUT2D eigenvalue weighted by Crippen LogP contribution is 2.31. The quantitative estimate of drug-likeness (QED) is 0.327. The van der Waals surface area contributed by atoms with E-state index in [1.165, 1.54) is 0 Å². The third-order valence-electron chi connectivity index (χ3n) is 6.19. The second kappa shape index (κ2) is 10.9. The molecule has 0 spiro atoms. The number of aromatic amines is 1. The highest BCUT2D eigenvalue weighted by Gasteiger charge is 2.13. The van der Waals surface area contributed by atoms with Gasteiger partial charge in [-0.15, -0.1) is 4.74 Å². The van der Waals surface area contributed by atoms with Crippen molar-refractivity contribution in [1.29, 1.82) is 0 Å². The Morgan fingerprint density at radius 3 is 2.32 bits per heavy atom. The fourth-order valence-corrected chi connectivity index (χ4v) is 4.01. The largest absolute Gasteiger partial charge is 0.493 e. The van der Waals surface area contributed by atoms with Gasteiger partial charge >= 0.3 is 11.4 Å². The van der Waals surface area contributed by atoms with Gasteiger partial charge in [0.1, 0.15) is 18.1 Å². The van der Waals surface area contributed by atoms with Crippen LogP contribution >= 0.6 is 0 Å². The molecule has 1 aromatic heterocycles. The van der Waals surface area contributed by atoms with Gasteiger partial charge < -0.3 is 19.1 Å². The molecule has 0 aliphatic carbocycles. The fourth-order valence-electron chi connectivity index (χ4n) is 4.01. The van der Waals surface area contributed by atoms with Crippen LogP contribution in [-0.2, 0) is 13.2 Å². The monoisotopic (exact) mass is 504 g/mol. The van der Waals surface area contributed by atoms with Crippen molar-refractivity contribution in [3.8, 4) is 22.6 Å². The maximum atomic E-state index is 11.6. The molecule has 37 heavy (non-hydrogen) atoms. The van der Waals surface area contributed by atoms with Crippen LogP contribution < -0.4 is 20.9 Å². The van der Waals surface area contributed by atoms with Crippen LogP contribution in [-0.4, -0.2) is 27.0 Å². The molecule has 1 heterocycles. The number of aliphatic hydroxyl groups is 1. The van der Waals surface area contributed by atoms with E-state index in [-0.39, 0.29) is 6.54 Å². The van der Waals surface area contributed by atoms with Crippen LogP contribution in [0.3, 0.4) is 0 Å². The van der Waals surface area contributed by atoms with Crippen molar-refractivity contribution in [1.82, 2.24) is 9.72 Å². The minimum atomic E-state index is -0.774. The molecule has 0 atom stereocenters. The predicted molar refractivity (Wildman–Crippen MR) is 141 cm³/mol. The van der Waals surface area contributed by atoms with Crippen LogP contribution in [0.4, 0.5) is 0 Å². The molecule has 4 rings (SSSR count). The topological polar surface area (TPSA) is 107 Å². The maximum Gasteiger partial charge on any atom is 0.440 e. The Labute approximate surface area is 215 Å². The zero-order valence-electron chi connectivity index (χ0n) is 21.5. The molecule has 0 aliphatic rings. The van der Waals surface area contributed by atoms with Crippen LogP contribution in [0, 0.1) is 13.8 Å². The van der Waals surface area contributed by atoms with E-state index in [0.717, 1.165) is 43.9 Å². The molecular weight excluding hydrogens is 472 g/mol. The normalized spacial score (nSPS) is 11.5. The van der Waals surface area contributed by atoms with E-state index in [0.29, 0.717) is 25.4 Å². The number of rotatable bonds is 10. The number of H-pyrrole nitrogens is 1. The van der Waals surface area contributed by atoms with E-state index >= 15 is 0 Å². The molecule has 0 unspecified atom stereocenters. The number of aromatic nitrogens is 2. The van der Waals surface area contributed by atoms with E-state index in [1.54, 1.807) is 13.8 Å². The first kappa shape index (κ1) is 26.0. The molecule has 3 aromatic carbocycles. The first-order chi connectivity index (χ1) is 17.6. The lowest BCUT2D eigenvalue weighted by atomic mass is 9.93. The van der Waals surface area contributed by atoms with Gasteiger partial charge in [-0.3, -0.25) is 0 Å². The van der Waals surface area contributed by atoms with Crippen molar-refractivity contribution in [3.63, 3.8) is 0 Å². The molecule has 8 heteroatoms. The number of nitrogens with one attached hydrogen (secondary N) is 1. The molecule has 0 saturated carbocycles. The van der Waals surface area contributed by atoms with Gasteiger partial charge in [-0.25, -0.2) is 14.6 Å². The van der Waals surface area contributed by atoms with Crippen LogP contribution in [0.2, 0.25) is 0 Å². The van der Waals surface area contributed by atoms with Gasteiger partial charge in [0.25, 0.3) is 0 Å². The van der Waals surface area contributed by atoms with Crippen LogP contribution in [0.5, 0.6) is 11.5 Å². The summed E-state index contributed by atoms with van der Waals surface area (Å²) in [5, 5.41) is 9.88. The molecule has 0 fully saturated rings. The molecule has 0 radical (unpaired) electrons. The number of aryl methyl sites for hydroxylation is 1. The molecular formula is C29H32N2O6. The SMILES string of the molecule is Cc1cc(OCCC(C)(C)O)ccc1-c1cccc(COc2ccc(Cn3oc(=O)[nH]c3=O)cc2)c1C. The van der Waals surface area contributed by atoms with Crippen molar-refractivity contribution in [2.75, 3.05) is 6.61 Å². The molecule has 0 aliphatic heterocycles. The highest BCUT2D eigenvalue weighted by molar-refractivity contribution is 5.72. The average Bonchev–Trinajstić information content (AvgIpc) is 3.15. The van der Waals surface area contributed by atoms with Crippen molar-refractivity contribution in [3.05, 3.63) is 104 Å². The van der Waals surface area contributed by atoms with Crippen molar-refractivity contribution in [2.45, 2.75) is 52.9 Å². The van der Waals surface area contributed by atoms with Crippen molar-refractivity contribution >= 4 is 0 Å². The summed E-state index contributed by atoms with van der Waals surface area (Å²) in [6, 6.07) is 19.5. The van der Waals surface area contributed by atoms with E-state index in [4.69, 9.17) is 14.0 Å². The number of nitrogens with zero attached hydrogens (tertiary/aromatic N) is 1. The third kappa shape index (κ3) is 6.80. The number of hydrogen-bond donors (Lipinski definition) is 2. The number of benzene rings is 3. The minimum absolute atomic E-state index is 0.154. The second-order valence-corrected chi connectivity index (χ2v) is 9.76. The van der Waals surface area contributed by atoms with Gasteiger partial charge in [-0.05, 0) is 85.3 Å². The summed E-state index contributed by atoms with van der Waals surface area (Å²) in [4.78, 5) is 24.8. The predicted octanol–water partition coefficient (Wildman–Crippen LogP) is 4.58. The molecule has 0 saturated heterocycles. The summed E-state index contributed by atoms with van der Waals surface area (Å²) < 4.78 is 17.6. The Morgan fingerprint density at radius 2 is 1.68 bits per heavy atom. The average molecular weight is 505 g/mol. The van der Waals surface area contributed by atoms with Crippen LogP contribution in [0.1, 0.15) is 42.5 Å². The standard InChI is InChI=1S/C29H32N2O6/c1-19-16-24(35-15-14-29(3,4)34)12-13-25(19)26-7-5-6-22(20(26)2)18-36-23-10-8-21(9-11-23)17-31-27(32)30-28(33)37-31/h5-13,16,34H,14-15,17-18H2,1-4H3,(H,30,32,33). The van der Waals surface area contributed by atoms with E-state index in [2.05, 4.69) is 37.0 Å². The zero-order valence-corrected chi connectivity index (χ0v) is 21.5. The van der Waals surface area contributed by atoms with E-state index < -0.39 is 17.0 Å². The Morgan fingerprint density at radius 1 is 0.946 bits per heavy atom. The first-order valence-corrected chi connectivity index (χ1v) is 12.2. The van der Waals surface area contributed by atoms with Gasteiger partial charge in [-0.1, -0.05) is 36.4 Å². The maximum absolute atomic E-state index is 11.6. The minimum Gasteiger partial charge on any atom is -0.493 e. The van der Waals surface area contributed by atoms with Gasteiger partial charge in [0.2, 0.25) is 0 Å². The number of hydrogen-bond acceptors (Lipinski definition) is 6. The van der Waals surface area contributed by atoms with Gasteiger partial charge in [0.15, 0.2) is 0 Å².